The third kappa shape index (κ3) is 5.47. The summed E-state index contributed by atoms with van der Waals surface area (Å²) in [6, 6.07) is 6.20. The molecule has 26 heavy (non-hydrogen) atoms. The maximum Gasteiger partial charge on any atom is 0.335 e. The van der Waals surface area contributed by atoms with Crippen LogP contribution in [0.1, 0.15) is 49.5 Å². The number of urea groups is 1. The van der Waals surface area contributed by atoms with Crippen LogP contribution in [-0.2, 0) is 11.3 Å². The van der Waals surface area contributed by atoms with Crippen molar-refractivity contribution < 1.29 is 19.5 Å². The number of piperidine rings is 1. The number of carbonyl (C=O) groups is 3. The van der Waals surface area contributed by atoms with Crippen LogP contribution >= 0.6 is 0 Å². The largest absolute Gasteiger partial charge is 0.478 e. The highest BCUT2D eigenvalue weighted by Crippen LogP contribution is 2.16. The zero-order chi connectivity index (χ0) is 19.3. The number of amides is 3. The highest BCUT2D eigenvalue weighted by atomic mass is 16.4. The zero-order valence-corrected chi connectivity index (χ0v) is 15.5. The molecule has 142 valence electrons. The molecule has 1 aliphatic heterocycles. The average molecular weight is 361 g/mol. The van der Waals surface area contributed by atoms with Crippen LogP contribution in [0.25, 0.3) is 0 Å². The summed E-state index contributed by atoms with van der Waals surface area (Å²) >= 11 is 0. The molecule has 0 aliphatic carbocycles. The van der Waals surface area contributed by atoms with Crippen LogP contribution in [0.15, 0.2) is 24.3 Å². The van der Waals surface area contributed by atoms with Crippen LogP contribution in [-0.4, -0.2) is 47.0 Å². The Morgan fingerprint density at radius 2 is 1.85 bits per heavy atom. The van der Waals surface area contributed by atoms with Gasteiger partial charge in [0.1, 0.15) is 0 Å². The molecule has 0 radical (unpaired) electrons. The molecular weight excluding hydrogens is 334 g/mol. The predicted molar refractivity (Wildman–Crippen MR) is 97.8 cm³/mol. The third-order valence-corrected chi connectivity index (χ3v) is 4.37. The van der Waals surface area contributed by atoms with Gasteiger partial charge >= 0.3 is 12.0 Å². The Bertz CT molecular complexity index is 664. The maximum atomic E-state index is 12.4. The number of nitrogens with one attached hydrogen (secondary N) is 2. The molecule has 1 aromatic rings. The Balaban J connectivity index is 1.85. The van der Waals surface area contributed by atoms with E-state index in [-0.39, 0.29) is 23.5 Å². The maximum absolute atomic E-state index is 12.4. The van der Waals surface area contributed by atoms with Gasteiger partial charge < -0.3 is 20.6 Å². The lowest BCUT2D eigenvalue weighted by atomic mass is 9.94. The van der Waals surface area contributed by atoms with E-state index in [9.17, 15) is 14.4 Å². The van der Waals surface area contributed by atoms with Crippen molar-refractivity contribution in [2.75, 3.05) is 13.1 Å². The summed E-state index contributed by atoms with van der Waals surface area (Å²) in [6.45, 7) is 7.08. The third-order valence-electron chi connectivity index (χ3n) is 4.37. The Labute approximate surface area is 153 Å². The number of likely N-dealkylation sites (tertiary alicyclic amines) is 1. The van der Waals surface area contributed by atoms with Crippen molar-refractivity contribution >= 4 is 17.9 Å². The van der Waals surface area contributed by atoms with Gasteiger partial charge in [0.2, 0.25) is 5.91 Å². The van der Waals surface area contributed by atoms with Gasteiger partial charge in [-0.1, -0.05) is 32.9 Å². The fourth-order valence-electron chi connectivity index (χ4n) is 2.74. The molecule has 3 N–H and O–H groups in total. The first-order chi connectivity index (χ1) is 12.2. The lowest BCUT2D eigenvalue weighted by molar-refractivity contribution is -0.129. The standard InChI is InChI=1S/C19H27N3O4/c1-19(2,3)17(25)21-15-5-4-10-22(12-15)18(26)20-11-13-6-8-14(9-7-13)16(23)24/h6-9,15H,4-5,10-12H2,1-3H3,(H,20,26)(H,21,25)(H,23,24). The summed E-state index contributed by atoms with van der Waals surface area (Å²) in [4.78, 5) is 37.1. The lowest BCUT2D eigenvalue weighted by Gasteiger charge is -2.34. The van der Waals surface area contributed by atoms with Crippen LogP contribution in [0.4, 0.5) is 4.79 Å². The minimum Gasteiger partial charge on any atom is -0.478 e. The lowest BCUT2D eigenvalue weighted by Crippen LogP contribution is -2.53. The van der Waals surface area contributed by atoms with Gasteiger partial charge in [-0.2, -0.15) is 0 Å². The molecule has 1 saturated heterocycles. The number of hydrogen-bond donors (Lipinski definition) is 3. The van der Waals surface area contributed by atoms with E-state index in [0.29, 0.717) is 19.6 Å². The highest BCUT2D eigenvalue weighted by molar-refractivity contribution is 5.87. The molecule has 1 aliphatic rings. The SMILES string of the molecule is CC(C)(C)C(=O)NC1CCCN(C(=O)NCc2ccc(C(=O)O)cc2)C1. The second-order valence-corrected chi connectivity index (χ2v) is 7.67. The van der Waals surface area contributed by atoms with Gasteiger partial charge in [-0.15, -0.1) is 0 Å². The molecule has 3 amide bonds. The summed E-state index contributed by atoms with van der Waals surface area (Å²) in [5, 5.41) is 14.8. The molecule has 0 bridgehead atoms. The molecule has 1 unspecified atom stereocenters. The zero-order valence-electron chi connectivity index (χ0n) is 15.5. The fourth-order valence-corrected chi connectivity index (χ4v) is 2.74. The first-order valence-corrected chi connectivity index (χ1v) is 8.83. The van der Waals surface area contributed by atoms with Gasteiger partial charge in [-0.05, 0) is 30.5 Å². The number of carbonyl (C=O) groups excluding carboxylic acids is 2. The number of nitrogens with zero attached hydrogens (tertiary/aromatic N) is 1. The predicted octanol–water partition coefficient (Wildman–Crippen LogP) is 2.22. The molecule has 1 heterocycles. The van der Waals surface area contributed by atoms with E-state index in [1.807, 2.05) is 20.8 Å². The first kappa shape index (κ1) is 19.8. The van der Waals surface area contributed by atoms with Gasteiger partial charge in [0.05, 0.1) is 5.56 Å². The monoisotopic (exact) mass is 361 g/mol. The van der Waals surface area contributed by atoms with Crippen molar-refractivity contribution in [3.05, 3.63) is 35.4 Å². The molecule has 1 atom stereocenters. The van der Waals surface area contributed by atoms with E-state index >= 15 is 0 Å². The Morgan fingerprint density at radius 1 is 1.19 bits per heavy atom. The molecule has 0 aromatic heterocycles. The van der Waals surface area contributed by atoms with E-state index in [4.69, 9.17) is 5.11 Å². The Kier molecular flexibility index (Phi) is 6.23. The van der Waals surface area contributed by atoms with Gasteiger partial charge in [0, 0.05) is 31.1 Å². The second-order valence-electron chi connectivity index (χ2n) is 7.67. The molecule has 7 nitrogen and oxygen atoms in total. The smallest absolute Gasteiger partial charge is 0.335 e. The van der Waals surface area contributed by atoms with E-state index in [2.05, 4.69) is 10.6 Å². The summed E-state index contributed by atoms with van der Waals surface area (Å²) < 4.78 is 0. The van der Waals surface area contributed by atoms with E-state index < -0.39 is 11.4 Å². The quantitative estimate of drug-likeness (QED) is 0.766. The highest BCUT2D eigenvalue weighted by Gasteiger charge is 2.28. The Morgan fingerprint density at radius 3 is 2.42 bits per heavy atom. The first-order valence-electron chi connectivity index (χ1n) is 8.83. The molecule has 2 rings (SSSR count). The van der Waals surface area contributed by atoms with Crippen LogP contribution in [0, 0.1) is 5.41 Å². The van der Waals surface area contributed by atoms with Crippen LogP contribution in [0.5, 0.6) is 0 Å². The number of carboxylic acid groups (broad SMARTS) is 1. The van der Waals surface area contributed by atoms with Crippen LogP contribution < -0.4 is 10.6 Å². The van der Waals surface area contributed by atoms with Gasteiger partial charge in [0.15, 0.2) is 0 Å². The number of hydrogen-bond acceptors (Lipinski definition) is 3. The van der Waals surface area contributed by atoms with Crippen molar-refractivity contribution in [3.8, 4) is 0 Å². The van der Waals surface area contributed by atoms with E-state index in [0.717, 1.165) is 18.4 Å². The normalized spacial score (nSPS) is 17.5. The van der Waals surface area contributed by atoms with Crippen molar-refractivity contribution in [2.45, 2.75) is 46.2 Å². The van der Waals surface area contributed by atoms with Crippen LogP contribution in [0.3, 0.4) is 0 Å². The molecule has 1 fully saturated rings. The minimum absolute atomic E-state index is 0.0109. The second kappa shape index (κ2) is 8.21. The average Bonchev–Trinajstić information content (AvgIpc) is 2.59. The van der Waals surface area contributed by atoms with Crippen molar-refractivity contribution in [2.24, 2.45) is 5.41 Å². The minimum atomic E-state index is -0.975. The van der Waals surface area contributed by atoms with Gasteiger partial charge in [-0.25, -0.2) is 9.59 Å². The van der Waals surface area contributed by atoms with Gasteiger partial charge in [-0.3, -0.25) is 4.79 Å². The summed E-state index contributed by atoms with van der Waals surface area (Å²) in [5.74, 6) is -0.986. The number of carboxylic acids is 1. The molecule has 0 saturated carbocycles. The van der Waals surface area contributed by atoms with Crippen molar-refractivity contribution in [3.63, 3.8) is 0 Å². The number of aromatic carboxylic acids is 1. The topological polar surface area (TPSA) is 98.7 Å². The van der Waals surface area contributed by atoms with E-state index in [1.165, 1.54) is 12.1 Å². The summed E-state index contributed by atoms with van der Waals surface area (Å²) in [5.41, 5.74) is 0.596. The molecule has 7 heteroatoms. The van der Waals surface area contributed by atoms with Crippen molar-refractivity contribution in [1.82, 2.24) is 15.5 Å². The Hall–Kier alpha value is -2.57. The molecule has 1 aromatic carbocycles. The molecular formula is C19H27N3O4. The summed E-state index contributed by atoms with van der Waals surface area (Å²) in [7, 11) is 0. The van der Waals surface area contributed by atoms with Crippen LogP contribution in [0.2, 0.25) is 0 Å². The number of rotatable bonds is 4. The van der Waals surface area contributed by atoms with Gasteiger partial charge in [0.25, 0.3) is 0 Å². The fraction of sp³-hybridized carbons (Fsp3) is 0.526. The number of benzene rings is 1. The summed E-state index contributed by atoms with van der Waals surface area (Å²) in [6.07, 6.45) is 1.71. The van der Waals surface area contributed by atoms with E-state index in [1.54, 1.807) is 17.0 Å². The van der Waals surface area contributed by atoms with Crippen molar-refractivity contribution in [1.29, 1.82) is 0 Å². The molecule has 0 spiro atoms.